The Labute approximate surface area is 136 Å². The summed E-state index contributed by atoms with van der Waals surface area (Å²) in [4.78, 5) is 12.4. The van der Waals surface area contributed by atoms with Crippen LogP contribution in [0.4, 0.5) is 11.4 Å². The minimum Gasteiger partial charge on any atom is -0.506 e. The lowest BCUT2D eigenvalue weighted by atomic mass is 10.3. The Bertz CT molecular complexity index is 929. The normalized spacial score (nSPS) is 11.2. The van der Waals surface area contributed by atoms with E-state index in [-0.39, 0.29) is 22.7 Å². The number of rotatable bonds is 3. The first-order chi connectivity index (χ1) is 11.1. The fourth-order valence-electron chi connectivity index (χ4n) is 2.10. The van der Waals surface area contributed by atoms with Crippen molar-refractivity contribution in [3.8, 4) is 11.4 Å². The average Bonchev–Trinajstić information content (AvgIpc) is 2.82. The van der Waals surface area contributed by atoms with Crippen molar-refractivity contribution in [3.63, 3.8) is 0 Å². The molecule has 23 heavy (non-hydrogen) atoms. The zero-order chi connectivity index (χ0) is 16.4. The monoisotopic (exact) mass is 328 g/mol. The van der Waals surface area contributed by atoms with Crippen LogP contribution in [0.2, 0.25) is 5.02 Å². The van der Waals surface area contributed by atoms with Crippen molar-refractivity contribution < 1.29 is 5.11 Å². The van der Waals surface area contributed by atoms with Gasteiger partial charge in [0.05, 0.1) is 11.4 Å². The SMILES string of the molecule is Cc1[nH]n(-c2ccccc2)c(=O)c1N=Nc1ccc(Cl)cc1O. The van der Waals surface area contributed by atoms with Crippen molar-refractivity contribution in [1.82, 2.24) is 9.78 Å². The molecular weight excluding hydrogens is 316 g/mol. The van der Waals surface area contributed by atoms with Crippen molar-refractivity contribution in [2.45, 2.75) is 6.92 Å². The third-order valence-corrected chi connectivity index (χ3v) is 3.49. The molecule has 0 aliphatic carbocycles. The van der Waals surface area contributed by atoms with Gasteiger partial charge in [0.15, 0.2) is 5.69 Å². The molecule has 116 valence electrons. The lowest BCUT2D eigenvalue weighted by Crippen LogP contribution is -2.13. The number of aromatic nitrogens is 2. The van der Waals surface area contributed by atoms with Crippen LogP contribution >= 0.6 is 11.6 Å². The zero-order valence-electron chi connectivity index (χ0n) is 12.2. The van der Waals surface area contributed by atoms with Gasteiger partial charge in [-0.1, -0.05) is 29.8 Å². The van der Waals surface area contributed by atoms with Crippen molar-refractivity contribution in [1.29, 1.82) is 0 Å². The number of azo groups is 1. The maximum Gasteiger partial charge on any atom is 0.299 e. The van der Waals surface area contributed by atoms with Gasteiger partial charge in [-0.3, -0.25) is 9.89 Å². The summed E-state index contributed by atoms with van der Waals surface area (Å²) in [6.07, 6.45) is 0. The van der Waals surface area contributed by atoms with Crippen LogP contribution in [0.3, 0.4) is 0 Å². The number of hydrogen-bond donors (Lipinski definition) is 2. The summed E-state index contributed by atoms with van der Waals surface area (Å²) in [6.45, 7) is 1.73. The minimum absolute atomic E-state index is 0.0992. The molecule has 0 radical (unpaired) electrons. The zero-order valence-corrected chi connectivity index (χ0v) is 12.9. The number of aromatic hydroxyl groups is 1. The molecular formula is C16H13ClN4O2. The Balaban J connectivity index is 2.00. The second-order valence-electron chi connectivity index (χ2n) is 4.89. The molecule has 0 bridgehead atoms. The van der Waals surface area contributed by atoms with E-state index in [9.17, 15) is 9.90 Å². The fourth-order valence-corrected chi connectivity index (χ4v) is 2.27. The van der Waals surface area contributed by atoms with E-state index < -0.39 is 0 Å². The highest BCUT2D eigenvalue weighted by Gasteiger charge is 2.12. The molecule has 2 N–H and O–H groups in total. The van der Waals surface area contributed by atoms with E-state index in [4.69, 9.17) is 11.6 Å². The average molecular weight is 329 g/mol. The molecule has 0 saturated carbocycles. The molecule has 0 fully saturated rings. The molecule has 0 saturated heterocycles. The lowest BCUT2D eigenvalue weighted by Gasteiger charge is -1.99. The van der Waals surface area contributed by atoms with Crippen LogP contribution in [0.1, 0.15) is 5.69 Å². The van der Waals surface area contributed by atoms with E-state index in [1.165, 1.54) is 16.8 Å². The van der Waals surface area contributed by atoms with Crippen LogP contribution in [-0.4, -0.2) is 14.9 Å². The molecule has 0 aliphatic rings. The number of H-pyrrole nitrogens is 1. The number of benzene rings is 2. The van der Waals surface area contributed by atoms with Gasteiger partial charge in [0.2, 0.25) is 0 Å². The number of nitrogens with zero attached hydrogens (tertiary/aromatic N) is 3. The lowest BCUT2D eigenvalue weighted by molar-refractivity contribution is 0.476. The molecule has 0 amide bonds. The number of phenolic OH excluding ortho intramolecular Hbond substituents is 1. The molecule has 0 unspecified atom stereocenters. The summed E-state index contributed by atoms with van der Waals surface area (Å²) in [5, 5.41) is 21.0. The second kappa shape index (κ2) is 6.10. The van der Waals surface area contributed by atoms with Crippen molar-refractivity contribution >= 4 is 23.0 Å². The standard InChI is InChI=1S/C16H13ClN4O2/c1-10-15(19-18-13-8-7-11(17)9-14(13)22)16(23)21(20-10)12-5-3-2-4-6-12/h2-9,20,22H,1H3. The van der Waals surface area contributed by atoms with Gasteiger partial charge in [0, 0.05) is 11.1 Å². The van der Waals surface area contributed by atoms with Gasteiger partial charge in [-0.05, 0) is 31.2 Å². The van der Waals surface area contributed by atoms with Crippen LogP contribution in [0.5, 0.6) is 5.75 Å². The number of phenols is 1. The Morgan fingerprint density at radius 3 is 2.57 bits per heavy atom. The first-order valence-electron chi connectivity index (χ1n) is 6.83. The van der Waals surface area contributed by atoms with Crippen LogP contribution in [0.25, 0.3) is 5.69 Å². The van der Waals surface area contributed by atoms with Gasteiger partial charge in [-0.15, -0.1) is 10.2 Å². The second-order valence-corrected chi connectivity index (χ2v) is 5.33. The summed E-state index contributed by atoms with van der Waals surface area (Å²) >= 11 is 5.77. The van der Waals surface area contributed by atoms with Crippen molar-refractivity contribution in [2.75, 3.05) is 0 Å². The number of halogens is 1. The highest BCUT2D eigenvalue weighted by atomic mass is 35.5. The minimum atomic E-state index is -0.314. The van der Waals surface area contributed by atoms with Crippen LogP contribution in [0.15, 0.2) is 63.6 Å². The molecule has 0 atom stereocenters. The van der Waals surface area contributed by atoms with Gasteiger partial charge in [0.25, 0.3) is 5.56 Å². The predicted molar refractivity (Wildman–Crippen MR) is 88.4 cm³/mol. The maximum absolute atomic E-state index is 12.4. The highest BCUT2D eigenvalue weighted by molar-refractivity contribution is 6.30. The topological polar surface area (TPSA) is 82.7 Å². The van der Waals surface area contributed by atoms with E-state index in [2.05, 4.69) is 15.3 Å². The highest BCUT2D eigenvalue weighted by Crippen LogP contribution is 2.30. The number of para-hydroxylation sites is 1. The van der Waals surface area contributed by atoms with Gasteiger partial charge in [-0.25, -0.2) is 4.68 Å². The molecule has 1 heterocycles. The van der Waals surface area contributed by atoms with E-state index >= 15 is 0 Å². The smallest absolute Gasteiger partial charge is 0.299 e. The summed E-state index contributed by atoms with van der Waals surface area (Å²) < 4.78 is 1.39. The number of aryl methyl sites for hydroxylation is 1. The van der Waals surface area contributed by atoms with E-state index in [0.29, 0.717) is 16.4 Å². The molecule has 2 aromatic carbocycles. The third-order valence-electron chi connectivity index (χ3n) is 3.25. The van der Waals surface area contributed by atoms with Gasteiger partial charge < -0.3 is 5.11 Å². The Kier molecular flexibility index (Phi) is 3.99. The van der Waals surface area contributed by atoms with Crippen LogP contribution in [0, 0.1) is 6.92 Å². The summed E-state index contributed by atoms with van der Waals surface area (Å²) in [5.74, 6) is -0.0992. The fraction of sp³-hybridized carbons (Fsp3) is 0.0625. The summed E-state index contributed by atoms with van der Waals surface area (Å²) in [7, 11) is 0. The van der Waals surface area contributed by atoms with E-state index in [1.54, 1.807) is 13.0 Å². The first kappa shape index (κ1) is 15.1. The number of aromatic amines is 1. The Morgan fingerprint density at radius 2 is 1.87 bits per heavy atom. The Hall–Kier alpha value is -2.86. The maximum atomic E-state index is 12.4. The molecule has 3 rings (SSSR count). The van der Waals surface area contributed by atoms with Crippen molar-refractivity contribution in [3.05, 3.63) is 69.6 Å². The summed E-state index contributed by atoms with van der Waals surface area (Å²) in [6, 6.07) is 13.6. The quantitative estimate of drug-likeness (QED) is 0.704. The predicted octanol–water partition coefficient (Wildman–Crippen LogP) is 4.25. The largest absolute Gasteiger partial charge is 0.506 e. The van der Waals surface area contributed by atoms with E-state index in [0.717, 1.165) is 0 Å². The van der Waals surface area contributed by atoms with Gasteiger partial charge in [0.1, 0.15) is 11.4 Å². The van der Waals surface area contributed by atoms with Gasteiger partial charge in [-0.2, -0.15) is 0 Å². The molecule has 3 aromatic rings. The molecule has 0 aliphatic heterocycles. The van der Waals surface area contributed by atoms with E-state index in [1.807, 2.05) is 30.3 Å². The molecule has 1 aromatic heterocycles. The molecule has 7 heteroatoms. The number of hydrogen-bond acceptors (Lipinski definition) is 4. The van der Waals surface area contributed by atoms with Gasteiger partial charge >= 0.3 is 0 Å². The van der Waals surface area contributed by atoms with Crippen molar-refractivity contribution in [2.24, 2.45) is 10.2 Å². The Morgan fingerprint density at radius 1 is 1.13 bits per heavy atom. The number of nitrogens with one attached hydrogen (secondary N) is 1. The molecule has 6 nitrogen and oxygen atoms in total. The molecule has 0 spiro atoms. The first-order valence-corrected chi connectivity index (χ1v) is 7.21. The third kappa shape index (κ3) is 3.02. The summed E-state index contributed by atoms with van der Waals surface area (Å²) in [5.41, 5.74) is 1.39. The van der Waals surface area contributed by atoms with Crippen LogP contribution in [-0.2, 0) is 0 Å². The van der Waals surface area contributed by atoms with Crippen LogP contribution < -0.4 is 5.56 Å².